The maximum absolute atomic E-state index is 12.3. The molecule has 0 aliphatic heterocycles. The SMILES string of the molecule is Cn1/c(=N\NC(=O)CC(C)(C)C)sc2cc(OC(F)(F)F)ccc21. The third-order valence-corrected chi connectivity index (χ3v) is 4.08. The van der Waals surface area contributed by atoms with Crippen LogP contribution in [0.2, 0.25) is 0 Å². The first-order valence-corrected chi connectivity index (χ1v) is 7.94. The van der Waals surface area contributed by atoms with Crippen molar-refractivity contribution in [1.29, 1.82) is 0 Å². The molecule has 1 N–H and O–H groups in total. The lowest BCUT2D eigenvalue weighted by atomic mass is 9.92. The van der Waals surface area contributed by atoms with E-state index in [-0.39, 0.29) is 17.1 Å². The summed E-state index contributed by atoms with van der Waals surface area (Å²) in [4.78, 5) is 12.3. The van der Waals surface area contributed by atoms with E-state index in [1.54, 1.807) is 11.6 Å². The highest BCUT2D eigenvalue weighted by molar-refractivity contribution is 7.16. The molecule has 1 heterocycles. The van der Waals surface area contributed by atoms with Gasteiger partial charge in [0.1, 0.15) is 5.75 Å². The van der Waals surface area contributed by atoms with Crippen LogP contribution < -0.4 is 15.0 Å². The molecular formula is C15H18F3N3O2S. The summed E-state index contributed by atoms with van der Waals surface area (Å²) in [6.07, 6.45) is -4.42. The van der Waals surface area contributed by atoms with Crippen molar-refractivity contribution in [1.82, 2.24) is 9.99 Å². The molecule has 9 heteroatoms. The van der Waals surface area contributed by atoms with Crippen LogP contribution >= 0.6 is 11.3 Å². The second kappa shape index (κ2) is 6.46. The number of nitrogens with zero attached hydrogens (tertiary/aromatic N) is 2. The van der Waals surface area contributed by atoms with Gasteiger partial charge < -0.3 is 9.30 Å². The minimum atomic E-state index is -4.73. The van der Waals surface area contributed by atoms with Crippen LogP contribution in [0.4, 0.5) is 13.2 Å². The summed E-state index contributed by atoms with van der Waals surface area (Å²) in [7, 11) is 1.72. The number of hydrogen-bond acceptors (Lipinski definition) is 4. The van der Waals surface area contributed by atoms with Crippen molar-refractivity contribution in [2.75, 3.05) is 0 Å². The van der Waals surface area contributed by atoms with E-state index in [4.69, 9.17) is 0 Å². The highest BCUT2D eigenvalue weighted by Gasteiger charge is 2.31. The number of carbonyl (C=O) groups excluding carboxylic acids is 1. The number of aromatic nitrogens is 1. The van der Waals surface area contributed by atoms with Crippen LogP contribution in [-0.4, -0.2) is 16.8 Å². The van der Waals surface area contributed by atoms with Gasteiger partial charge in [0, 0.05) is 13.5 Å². The Morgan fingerprint density at radius 3 is 2.58 bits per heavy atom. The van der Waals surface area contributed by atoms with E-state index >= 15 is 0 Å². The van der Waals surface area contributed by atoms with Gasteiger partial charge in [0.2, 0.25) is 10.7 Å². The van der Waals surface area contributed by atoms with Crippen molar-refractivity contribution < 1.29 is 22.7 Å². The van der Waals surface area contributed by atoms with E-state index in [2.05, 4.69) is 15.3 Å². The van der Waals surface area contributed by atoms with Crippen LogP contribution in [-0.2, 0) is 11.8 Å². The lowest BCUT2D eigenvalue weighted by Gasteiger charge is -2.15. The van der Waals surface area contributed by atoms with Crippen molar-refractivity contribution >= 4 is 27.5 Å². The lowest BCUT2D eigenvalue weighted by molar-refractivity contribution is -0.274. The van der Waals surface area contributed by atoms with E-state index in [1.165, 1.54) is 18.2 Å². The number of ether oxygens (including phenoxy) is 1. The molecule has 1 aromatic carbocycles. The summed E-state index contributed by atoms with van der Waals surface area (Å²) in [5, 5.41) is 4.05. The van der Waals surface area contributed by atoms with Crippen LogP contribution in [0.3, 0.4) is 0 Å². The molecule has 0 saturated heterocycles. The molecule has 2 aromatic rings. The minimum Gasteiger partial charge on any atom is -0.406 e. The maximum atomic E-state index is 12.3. The van der Waals surface area contributed by atoms with Gasteiger partial charge in [0.15, 0.2) is 0 Å². The minimum absolute atomic E-state index is 0.161. The number of hydrogen-bond donors (Lipinski definition) is 1. The molecule has 0 atom stereocenters. The molecule has 0 saturated carbocycles. The number of halogens is 3. The molecule has 0 aliphatic rings. The molecule has 2 rings (SSSR count). The van der Waals surface area contributed by atoms with Crippen molar-refractivity contribution in [2.24, 2.45) is 17.6 Å². The van der Waals surface area contributed by atoms with Crippen molar-refractivity contribution in [3.63, 3.8) is 0 Å². The van der Waals surface area contributed by atoms with Gasteiger partial charge in [-0.3, -0.25) is 4.79 Å². The molecule has 0 aliphatic carbocycles. The summed E-state index contributed by atoms with van der Waals surface area (Å²) in [5.41, 5.74) is 3.01. The number of fused-ring (bicyclic) bond motifs is 1. The van der Waals surface area contributed by atoms with Gasteiger partial charge in [0.25, 0.3) is 0 Å². The number of aryl methyl sites for hydroxylation is 1. The van der Waals surface area contributed by atoms with Crippen LogP contribution in [0.15, 0.2) is 23.3 Å². The fourth-order valence-electron chi connectivity index (χ4n) is 2.05. The molecular weight excluding hydrogens is 343 g/mol. The molecule has 0 fully saturated rings. The number of amides is 1. The van der Waals surface area contributed by atoms with Crippen molar-refractivity contribution in [3.8, 4) is 5.75 Å². The molecule has 0 bridgehead atoms. The van der Waals surface area contributed by atoms with E-state index in [9.17, 15) is 18.0 Å². The second-order valence-electron chi connectivity index (χ2n) is 6.51. The molecule has 0 radical (unpaired) electrons. The highest BCUT2D eigenvalue weighted by atomic mass is 32.1. The van der Waals surface area contributed by atoms with Gasteiger partial charge in [-0.25, -0.2) is 5.43 Å². The Kier molecular flexibility index (Phi) is 4.93. The average molecular weight is 361 g/mol. The molecule has 1 amide bonds. The van der Waals surface area contributed by atoms with Gasteiger partial charge in [-0.05, 0) is 23.6 Å². The predicted octanol–water partition coefficient (Wildman–Crippen LogP) is 3.51. The van der Waals surface area contributed by atoms with Gasteiger partial charge in [-0.1, -0.05) is 32.1 Å². The summed E-state index contributed by atoms with van der Waals surface area (Å²) < 4.78 is 43.0. The Morgan fingerprint density at radius 2 is 2.00 bits per heavy atom. The van der Waals surface area contributed by atoms with Crippen LogP contribution in [0, 0.1) is 5.41 Å². The number of alkyl halides is 3. The standard InChI is InChI=1S/C15H18F3N3O2S/c1-14(2,3)8-12(22)19-20-13-21(4)10-6-5-9(7-11(10)24-13)23-15(16,17)18/h5-7H,8H2,1-4H3,(H,19,22)/b20-13+. The first-order valence-electron chi connectivity index (χ1n) is 7.12. The predicted molar refractivity (Wildman–Crippen MR) is 85.3 cm³/mol. The van der Waals surface area contributed by atoms with Gasteiger partial charge in [-0.15, -0.1) is 18.3 Å². The maximum Gasteiger partial charge on any atom is 0.573 e. The van der Waals surface area contributed by atoms with Crippen molar-refractivity contribution in [3.05, 3.63) is 23.0 Å². The smallest absolute Gasteiger partial charge is 0.406 e. The number of benzene rings is 1. The third kappa shape index (κ3) is 4.98. The number of nitrogens with one attached hydrogen (secondary N) is 1. The Balaban J connectivity index is 2.27. The topological polar surface area (TPSA) is 55.6 Å². The third-order valence-electron chi connectivity index (χ3n) is 2.98. The van der Waals surface area contributed by atoms with Gasteiger partial charge in [0.05, 0.1) is 10.2 Å². The second-order valence-corrected chi connectivity index (χ2v) is 7.51. The Morgan fingerprint density at radius 1 is 1.33 bits per heavy atom. The monoisotopic (exact) mass is 361 g/mol. The van der Waals surface area contributed by atoms with E-state index in [0.29, 0.717) is 21.4 Å². The van der Waals surface area contributed by atoms with Crippen molar-refractivity contribution in [2.45, 2.75) is 33.6 Å². The molecule has 24 heavy (non-hydrogen) atoms. The van der Waals surface area contributed by atoms with Crippen LogP contribution in [0.5, 0.6) is 5.75 Å². The quantitative estimate of drug-likeness (QED) is 0.851. The van der Waals surface area contributed by atoms with E-state index in [0.717, 1.165) is 11.3 Å². The zero-order valence-electron chi connectivity index (χ0n) is 13.7. The highest BCUT2D eigenvalue weighted by Crippen LogP contribution is 2.27. The summed E-state index contributed by atoms with van der Waals surface area (Å²) >= 11 is 1.16. The van der Waals surface area contributed by atoms with E-state index in [1.807, 2.05) is 20.8 Å². The largest absolute Gasteiger partial charge is 0.573 e. The zero-order chi connectivity index (χ0) is 18.1. The summed E-state index contributed by atoms with van der Waals surface area (Å²) in [6, 6.07) is 4.05. The molecule has 0 spiro atoms. The molecule has 1 aromatic heterocycles. The number of thiazole rings is 1. The summed E-state index contributed by atoms with van der Waals surface area (Å²) in [6.45, 7) is 5.82. The Hall–Kier alpha value is -2.03. The van der Waals surface area contributed by atoms with Gasteiger partial charge >= 0.3 is 6.36 Å². The lowest BCUT2D eigenvalue weighted by Crippen LogP contribution is -2.26. The fourth-order valence-corrected chi connectivity index (χ4v) is 3.06. The first-order chi connectivity index (χ1) is 10.9. The average Bonchev–Trinajstić information content (AvgIpc) is 2.69. The first kappa shape index (κ1) is 18.3. The Bertz CT molecular complexity index is 816. The van der Waals surface area contributed by atoms with Crippen LogP contribution in [0.1, 0.15) is 27.2 Å². The fraction of sp³-hybridized carbons (Fsp3) is 0.467. The molecule has 5 nitrogen and oxygen atoms in total. The number of rotatable bonds is 3. The van der Waals surface area contributed by atoms with Crippen LogP contribution in [0.25, 0.3) is 10.2 Å². The molecule has 0 unspecified atom stereocenters. The molecule has 132 valence electrons. The zero-order valence-corrected chi connectivity index (χ0v) is 14.5. The number of carbonyl (C=O) groups is 1. The Labute approximate surface area is 140 Å². The van der Waals surface area contributed by atoms with E-state index < -0.39 is 6.36 Å². The van der Waals surface area contributed by atoms with Gasteiger partial charge in [-0.2, -0.15) is 0 Å². The summed E-state index contributed by atoms with van der Waals surface area (Å²) in [5.74, 6) is -0.513. The normalized spacial score (nSPS) is 13.4.